The number of hydrogen-bond donors (Lipinski definition) is 0. The Balaban J connectivity index is 2.51. The van der Waals surface area contributed by atoms with E-state index in [-0.39, 0.29) is 5.43 Å². The minimum absolute atomic E-state index is 0.000556. The van der Waals surface area contributed by atoms with E-state index in [1.54, 1.807) is 11.9 Å². The molecule has 3 aromatic rings. The first-order chi connectivity index (χ1) is 8.68. The quantitative estimate of drug-likeness (QED) is 0.704. The van der Waals surface area contributed by atoms with Gasteiger partial charge in [-0.05, 0) is 24.1 Å². The van der Waals surface area contributed by atoms with Crippen molar-refractivity contribution < 1.29 is 4.42 Å². The molecule has 0 atom stereocenters. The lowest BCUT2D eigenvalue weighted by molar-refractivity contribution is 0.606. The second-order valence-electron chi connectivity index (χ2n) is 4.43. The van der Waals surface area contributed by atoms with Crippen molar-refractivity contribution in [1.82, 2.24) is 3.97 Å². The Bertz CT molecular complexity index is 770. The normalized spacial score (nSPS) is 11.7. The van der Waals surface area contributed by atoms with Crippen LogP contribution in [0, 0.1) is 0 Å². The predicted molar refractivity (Wildman–Crippen MR) is 76.1 cm³/mol. The minimum atomic E-state index is 0.000556. The van der Waals surface area contributed by atoms with Gasteiger partial charge in [-0.25, -0.2) is 0 Å². The standard InChI is InChI=1S/C14H13NO2S/c1-9(2)18-15-11-6-4-3-5-10(11)14-13(15)12(16)7-8-17-14/h3-9H,1-2H3. The molecule has 0 aliphatic heterocycles. The summed E-state index contributed by atoms with van der Waals surface area (Å²) in [6.45, 7) is 4.21. The fraction of sp³-hybridized carbons (Fsp3) is 0.214. The summed E-state index contributed by atoms with van der Waals surface area (Å²) in [7, 11) is 0. The van der Waals surface area contributed by atoms with Gasteiger partial charge < -0.3 is 4.42 Å². The SMILES string of the molecule is CC(C)Sn1c2ccccc2c2occc(=O)c21. The van der Waals surface area contributed by atoms with Gasteiger partial charge in [0, 0.05) is 16.7 Å². The first-order valence-corrected chi connectivity index (χ1v) is 6.70. The van der Waals surface area contributed by atoms with Crippen molar-refractivity contribution in [3.8, 4) is 0 Å². The third-order valence-corrected chi connectivity index (χ3v) is 3.75. The number of hydrogen-bond acceptors (Lipinski definition) is 3. The molecule has 3 rings (SSSR count). The molecule has 0 aliphatic rings. The van der Waals surface area contributed by atoms with Crippen LogP contribution in [-0.2, 0) is 0 Å². The van der Waals surface area contributed by atoms with Crippen molar-refractivity contribution in [1.29, 1.82) is 0 Å². The molecule has 0 fully saturated rings. The van der Waals surface area contributed by atoms with Gasteiger partial charge in [0.2, 0.25) is 5.43 Å². The lowest BCUT2D eigenvalue weighted by Gasteiger charge is -2.07. The molecule has 92 valence electrons. The van der Waals surface area contributed by atoms with Gasteiger partial charge in [0.15, 0.2) is 5.58 Å². The lowest BCUT2D eigenvalue weighted by Crippen LogP contribution is -2.04. The van der Waals surface area contributed by atoms with Crippen LogP contribution >= 0.6 is 11.9 Å². The second-order valence-corrected chi connectivity index (χ2v) is 5.95. The molecule has 4 heteroatoms. The summed E-state index contributed by atoms with van der Waals surface area (Å²) >= 11 is 1.63. The van der Waals surface area contributed by atoms with Gasteiger partial charge in [-0.15, -0.1) is 0 Å². The molecule has 18 heavy (non-hydrogen) atoms. The molecule has 0 bridgehead atoms. The Labute approximate surface area is 109 Å². The molecule has 0 N–H and O–H groups in total. The molecule has 0 unspecified atom stereocenters. The molecule has 1 aromatic carbocycles. The zero-order valence-electron chi connectivity index (χ0n) is 10.2. The first kappa shape index (κ1) is 11.4. The molecule has 0 spiro atoms. The number of rotatable bonds is 2. The summed E-state index contributed by atoms with van der Waals surface area (Å²) in [6.07, 6.45) is 1.46. The third-order valence-electron chi connectivity index (χ3n) is 2.74. The summed E-state index contributed by atoms with van der Waals surface area (Å²) in [5.41, 5.74) is 2.34. The molecule has 3 nitrogen and oxygen atoms in total. The number of benzene rings is 1. The summed E-state index contributed by atoms with van der Waals surface area (Å²) in [5.74, 6) is 0. The average molecular weight is 259 g/mol. The van der Waals surface area contributed by atoms with E-state index < -0.39 is 0 Å². The highest BCUT2D eigenvalue weighted by molar-refractivity contribution is 7.98. The second kappa shape index (κ2) is 4.21. The van der Waals surface area contributed by atoms with Crippen LogP contribution in [0.25, 0.3) is 22.0 Å². The Hall–Kier alpha value is -1.68. The molecule has 0 aliphatic carbocycles. The van der Waals surface area contributed by atoms with E-state index in [0.29, 0.717) is 16.3 Å². The third kappa shape index (κ3) is 1.64. The topological polar surface area (TPSA) is 35.1 Å². The van der Waals surface area contributed by atoms with E-state index in [9.17, 15) is 4.79 Å². The van der Waals surface area contributed by atoms with Crippen LogP contribution in [0.5, 0.6) is 0 Å². The van der Waals surface area contributed by atoms with Gasteiger partial charge in [-0.1, -0.05) is 26.0 Å². The zero-order chi connectivity index (χ0) is 12.7. The summed E-state index contributed by atoms with van der Waals surface area (Å²) in [5, 5.41) is 1.38. The maximum Gasteiger partial charge on any atom is 0.210 e. The Morgan fingerprint density at radius 3 is 2.78 bits per heavy atom. The van der Waals surface area contributed by atoms with Crippen LogP contribution in [0.3, 0.4) is 0 Å². The van der Waals surface area contributed by atoms with Crippen molar-refractivity contribution in [2.24, 2.45) is 0 Å². The Morgan fingerprint density at radius 1 is 1.22 bits per heavy atom. The monoisotopic (exact) mass is 259 g/mol. The lowest BCUT2D eigenvalue weighted by atomic mass is 10.2. The van der Waals surface area contributed by atoms with Crippen LogP contribution in [0.1, 0.15) is 13.8 Å². The van der Waals surface area contributed by atoms with Crippen LogP contribution in [0.15, 0.2) is 45.8 Å². The average Bonchev–Trinajstić information content (AvgIpc) is 2.66. The van der Waals surface area contributed by atoms with Gasteiger partial charge in [0.05, 0.1) is 11.8 Å². The minimum Gasteiger partial charge on any atom is -0.462 e. The van der Waals surface area contributed by atoms with Gasteiger partial charge in [-0.2, -0.15) is 0 Å². The molecule has 2 heterocycles. The van der Waals surface area contributed by atoms with E-state index in [1.807, 2.05) is 28.2 Å². The number of para-hydroxylation sites is 1. The van der Waals surface area contributed by atoms with Crippen molar-refractivity contribution >= 4 is 34.0 Å². The largest absolute Gasteiger partial charge is 0.462 e. The zero-order valence-corrected chi connectivity index (χ0v) is 11.0. The van der Waals surface area contributed by atoms with Crippen LogP contribution in [0.2, 0.25) is 0 Å². The van der Waals surface area contributed by atoms with E-state index in [1.165, 1.54) is 12.3 Å². The molecule has 2 aromatic heterocycles. The smallest absolute Gasteiger partial charge is 0.210 e. The van der Waals surface area contributed by atoms with Gasteiger partial charge >= 0.3 is 0 Å². The van der Waals surface area contributed by atoms with Gasteiger partial charge in [0.1, 0.15) is 5.52 Å². The fourth-order valence-corrected chi connectivity index (χ4v) is 3.05. The summed E-state index contributed by atoms with van der Waals surface area (Å²) in [6, 6.07) is 9.40. The van der Waals surface area contributed by atoms with E-state index in [4.69, 9.17) is 4.42 Å². The highest BCUT2D eigenvalue weighted by Gasteiger charge is 2.15. The van der Waals surface area contributed by atoms with Crippen LogP contribution in [-0.4, -0.2) is 9.22 Å². The Kier molecular flexibility index (Phi) is 2.67. The molecule has 0 radical (unpaired) electrons. The van der Waals surface area contributed by atoms with Crippen molar-refractivity contribution in [3.05, 3.63) is 46.8 Å². The molecule has 0 saturated heterocycles. The van der Waals surface area contributed by atoms with E-state index >= 15 is 0 Å². The molecular weight excluding hydrogens is 246 g/mol. The van der Waals surface area contributed by atoms with Crippen molar-refractivity contribution in [2.75, 3.05) is 0 Å². The number of nitrogens with zero attached hydrogens (tertiary/aromatic N) is 1. The Morgan fingerprint density at radius 2 is 2.00 bits per heavy atom. The number of fused-ring (bicyclic) bond motifs is 3. The molecule has 0 saturated carbocycles. The highest BCUT2D eigenvalue weighted by atomic mass is 32.2. The fourth-order valence-electron chi connectivity index (χ4n) is 2.08. The summed E-state index contributed by atoms with van der Waals surface area (Å²) in [4.78, 5) is 12.1. The van der Waals surface area contributed by atoms with Crippen molar-refractivity contribution in [3.63, 3.8) is 0 Å². The van der Waals surface area contributed by atoms with E-state index in [2.05, 4.69) is 13.8 Å². The number of aromatic nitrogens is 1. The van der Waals surface area contributed by atoms with Crippen LogP contribution in [0.4, 0.5) is 0 Å². The van der Waals surface area contributed by atoms with Crippen LogP contribution < -0.4 is 5.43 Å². The van der Waals surface area contributed by atoms with E-state index in [0.717, 1.165) is 10.9 Å². The molecule has 0 amide bonds. The maximum absolute atomic E-state index is 12.1. The highest BCUT2D eigenvalue weighted by Crippen LogP contribution is 2.31. The summed E-state index contributed by atoms with van der Waals surface area (Å²) < 4.78 is 7.52. The molecular formula is C14H13NO2S. The van der Waals surface area contributed by atoms with Gasteiger partial charge in [0.25, 0.3) is 0 Å². The van der Waals surface area contributed by atoms with Crippen molar-refractivity contribution in [2.45, 2.75) is 19.1 Å². The first-order valence-electron chi connectivity index (χ1n) is 5.86. The predicted octanol–water partition coefficient (Wildman–Crippen LogP) is 3.65. The van der Waals surface area contributed by atoms with Gasteiger partial charge in [-0.3, -0.25) is 8.77 Å². The maximum atomic E-state index is 12.1.